The molecule has 3 aromatic rings. The number of amides is 1. The highest BCUT2D eigenvalue weighted by Gasteiger charge is 2.29. The molecule has 2 N–H and O–H groups in total. The first-order valence-corrected chi connectivity index (χ1v) is 10.6. The molecular weight excluding hydrogens is 378 g/mol. The molecule has 0 bridgehead atoms. The van der Waals surface area contributed by atoms with E-state index in [-0.39, 0.29) is 18.7 Å². The van der Waals surface area contributed by atoms with Crippen molar-refractivity contribution >= 4 is 22.5 Å². The fraction of sp³-hybridized carbons (Fsp3) is 0.375. The van der Waals surface area contributed by atoms with Gasteiger partial charge in [-0.05, 0) is 69.5 Å². The zero-order valence-electron chi connectivity index (χ0n) is 17.4. The van der Waals surface area contributed by atoms with Gasteiger partial charge in [-0.1, -0.05) is 18.2 Å². The molecule has 1 atom stereocenters. The molecule has 1 amide bonds. The summed E-state index contributed by atoms with van der Waals surface area (Å²) in [4.78, 5) is 18.6. The summed E-state index contributed by atoms with van der Waals surface area (Å²) in [6, 6.07) is 13.9. The number of carbonyl (C=O) groups excluding carboxylic acids is 1. The van der Waals surface area contributed by atoms with Crippen molar-refractivity contribution in [2.24, 2.45) is 0 Å². The maximum absolute atomic E-state index is 12.8. The van der Waals surface area contributed by atoms with E-state index in [4.69, 9.17) is 9.47 Å². The van der Waals surface area contributed by atoms with Crippen molar-refractivity contribution in [1.82, 2.24) is 9.88 Å². The Kier molecular flexibility index (Phi) is 4.87. The first-order valence-electron chi connectivity index (χ1n) is 10.6. The Morgan fingerprint density at radius 2 is 1.90 bits per heavy atom. The average molecular weight is 405 g/mol. The molecule has 6 heteroatoms. The number of nitrogens with one attached hydrogen (secondary N) is 2. The number of anilines is 1. The van der Waals surface area contributed by atoms with E-state index >= 15 is 0 Å². The number of piperidine rings is 1. The topological polar surface area (TPSA) is 66.6 Å². The molecule has 3 heterocycles. The second kappa shape index (κ2) is 7.69. The number of benzene rings is 2. The number of aryl methyl sites for hydroxylation is 1. The number of likely N-dealkylation sites (tertiary alicyclic amines) is 1. The van der Waals surface area contributed by atoms with Gasteiger partial charge in [0.15, 0.2) is 11.5 Å². The van der Waals surface area contributed by atoms with Crippen LogP contribution in [0.5, 0.6) is 11.5 Å². The van der Waals surface area contributed by atoms with Crippen LogP contribution in [0.25, 0.3) is 10.9 Å². The van der Waals surface area contributed by atoms with Crippen LogP contribution in [-0.4, -0.2) is 41.7 Å². The summed E-state index contributed by atoms with van der Waals surface area (Å²) in [7, 11) is 0. The van der Waals surface area contributed by atoms with Gasteiger partial charge in [0.1, 0.15) is 0 Å². The largest absolute Gasteiger partial charge is 0.454 e. The molecule has 1 unspecified atom stereocenters. The van der Waals surface area contributed by atoms with Gasteiger partial charge in [0.2, 0.25) is 12.7 Å². The van der Waals surface area contributed by atoms with Gasteiger partial charge < -0.3 is 19.8 Å². The molecule has 6 nitrogen and oxygen atoms in total. The van der Waals surface area contributed by atoms with Crippen molar-refractivity contribution in [2.45, 2.75) is 38.6 Å². The Labute approximate surface area is 176 Å². The lowest BCUT2D eigenvalue weighted by atomic mass is 9.87. The highest BCUT2D eigenvalue weighted by atomic mass is 16.7. The van der Waals surface area contributed by atoms with Crippen molar-refractivity contribution in [3.05, 3.63) is 53.7 Å². The normalized spacial score (nSPS) is 17.9. The Balaban J connectivity index is 1.22. The van der Waals surface area contributed by atoms with Gasteiger partial charge in [-0.25, -0.2) is 0 Å². The summed E-state index contributed by atoms with van der Waals surface area (Å²) in [5, 5.41) is 4.35. The number of ether oxygens (including phenoxy) is 2. The molecule has 1 saturated heterocycles. The first-order chi connectivity index (χ1) is 14.6. The summed E-state index contributed by atoms with van der Waals surface area (Å²) < 4.78 is 10.7. The van der Waals surface area contributed by atoms with Gasteiger partial charge in [-0.15, -0.1) is 0 Å². The Morgan fingerprint density at radius 3 is 2.73 bits per heavy atom. The van der Waals surface area contributed by atoms with Crippen LogP contribution in [0.3, 0.4) is 0 Å². The zero-order chi connectivity index (χ0) is 20.7. The van der Waals surface area contributed by atoms with Gasteiger partial charge in [-0.2, -0.15) is 0 Å². The Morgan fingerprint density at radius 1 is 1.13 bits per heavy atom. The van der Waals surface area contributed by atoms with Crippen LogP contribution in [0, 0.1) is 6.92 Å². The molecule has 2 aliphatic rings. The molecule has 2 aromatic carbocycles. The molecule has 2 aliphatic heterocycles. The summed E-state index contributed by atoms with van der Waals surface area (Å²) in [6.45, 7) is 6.22. The molecule has 5 rings (SSSR count). The standard InChI is InChI=1S/C24H27N3O3/c1-15-23(19-5-3-4-6-20(19)25-15)17-9-11-27(12-10-17)16(2)24(28)26-18-7-8-21-22(13-18)30-14-29-21/h3-8,13,16-17,25H,9-12,14H2,1-2H3,(H,26,28). The number of rotatable bonds is 4. The van der Waals surface area contributed by atoms with Crippen LogP contribution in [0.15, 0.2) is 42.5 Å². The number of H-pyrrole nitrogens is 1. The fourth-order valence-corrected chi connectivity index (χ4v) is 4.79. The Bertz CT molecular complexity index is 1080. The van der Waals surface area contributed by atoms with Crippen molar-refractivity contribution in [2.75, 3.05) is 25.2 Å². The zero-order valence-corrected chi connectivity index (χ0v) is 17.4. The third-order valence-electron chi connectivity index (χ3n) is 6.45. The van der Waals surface area contributed by atoms with Crippen molar-refractivity contribution in [1.29, 1.82) is 0 Å². The molecular formula is C24H27N3O3. The summed E-state index contributed by atoms with van der Waals surface area (Å²) in [5.41, 5.74) is 4.66. The number of hydrogen-bond acceptors (Lipinski definition) is 4. The second-order valence-electron chi connectivity index (χ2n) is 8.25. The summed E-state index contributed by atoms with van der Waals surface area (Å²) in [5.74, 6) is 1.93. The maximum Gasteiger partial charge on any atom is 0.241 e. The van der Waals surface area contributed by atoms with E-state index in [1.54, 1.807) is 0 Å². The summed E-state index contributed by atoms with van der Waals surface area (Å²) >= 11 is 0. The SMILES string of the molecule is Cc1[nH]c2ccccc2c1C1CCN(C(C)C(=O)Nc2ccc3c(c2)OCO3)CC1. The van der Waals surface area contributed by atoms with Gasteiger partial charge >= 0.3 is 0 Å². The van der Waals surface area contributed by atoms with E-state index in [9.17, 15) is 4.79 Å². The molecule has 0 radical (unpaired) electrons. The number of carbonyl (C=O) groups is 1. The maximum atomic E-state index is 12.8. The van der Waals surface area contributed by atoms with Crippen LogP contribution >= 0.6 is 0 Å². The fourth-order valence-electron chi connectivity index (χ4n) is 4.79. The van der Waals surface area contributed by atoms with E-state index in [1.165, 1.54) is 22.2 Å². The molecule has 0 saturated carbocycles. The number of fused-ring (bicyclic) bond motifs is 2. The van der Waals surface area contributed by atoms with Crippen molar-refractivity contribution in [3.8, 4) is 11.5 Å². The lowest BCUT2D eigenvalue weighted by Crippen LogP contribution is -2.45. The van der Waals surface area contributed by atoms with Gasteiger partial charge in [0.05, 0.1) is 6.04 Å². The lowest BCUT2D eigenvalue weighted by molar-refractivity contribution is -0.121. The minimum absolute atomic E-state index is 0.00981. The van der Waals surface area contributed by atoms with E-state index in [0.717, 1.165) is 37.4 Å². The predicted molar refractivity (Wildman–Crippen MR) is 117 cm³/mol. The number of hydrogen-bond donors (Lipinski definition) is 2. The minimum atomic E-state index is -0.180. The van der Waals surface area contributed by atoms with Gasteiger partial charge in [-0.3, -0.25) is 9.69 Å². The lowest BCUT2D eigenvalue weighted by Gasteiger charge is -2.35. The smallest absolute Gasteiger partial charge is 0.241 e. The molecule has 156 valence electrons. The van der Waals surface area contributed by atoms with Gasteiger partial charge in [0.25, 0.3) is 0 Å². The molecule has 0 spiro atoms. The van der Waals surface area contributed by atoms with E-state index in [1.807, 2.05) is 25.1 Å². The number of aromatic nitrogens is 1. The predicted octanol–water partition coefficient (Wildman–Crippen LogP) is 4.41. The summed E-state index contributed by atoms with van der Waals surface area (Å²) in [6.07, 6.45) is 2.12. The minimum Gasteiger partial charge on any atom is -0.454 e. The van der Waals surface area contributed by atoms with E-state index in [0.29, 0.717) is 11.7 Å². The number of nitrogens with zero attached hydrogens (tertiary/aromatic N) is 1. The molecule has 30 heavy (non-hydrogen) atoms. The third-order valence-corrected chi connectivity index (χ3v) is 6.45. The van der Waals surface area contributed by atoms with E-state index < -0.39 is 0 Å². The van der Waals surface area contributed by atoms with Crippen LogP contribution in [0.2, 0.25) is 0 Å². The van der Waals surface area contributed by atoms with Crippen LogP contribution in [0.1, 0.15) is 36.9 Å². The van der Waals surface area contributed by atoms with Crippen molar-refractivity contribution in [3.63, 3.8) is 0 Å². The highest BCUT2D eigenvalue weighted by Crippen LogP contribution is 2.36. The molecule has 1 fully saturated rings. The first kappa shape index (κ1) is 19.0. The Hall–Kier alpha value is -2.99. The third kappa shape index (κ3) is 3.41. The quantitative estimate of drug-likeness (QED) is 0.675. The molecule has 0 aliphatic carbocycles. The highest BCUT2D eigenvalue weighted by molar-refractivity contribution is 5.95. The molecule has 1 aromatic heterocycles. The monoisotopic (exact) mass is 405 g/mol. The van der Waals surface area contributed by atoms with Crippen molar-refractivity contribution < 1.29 is 14.3 Å². The van der Waals surface area contributed by atoms with Crippen LogP contribution in [0.4, 0.5) is 5.69 Å². The average Bonchev–Trinajstić information content (AvgIpc) is 3.36. The van der Waals surface area contributed by atoms with E-state index in [2.05, 4.69) is 46.4 Å². The van der Waals surface area contributed by atoms with Crippen LogP contribution < -0.4 is 14.8 Å². The number of aromatic amines is 1. The number of para-hydroxylation sites is 1. The van der Waals surface area contributed by atoms with Gasteiger partial charge in [0, 0.05) is 28.4 Å². The van der Waals surface area contributed by atoms with Crippen LogP contribution in [-0.2, 0) is 4.79 Å². The second-order valence-corrected chi connectivity index (χ2v) is 8.25.